The number of nitrogens with zero attached hydrogens (tertiary/aromatic N) is 1. The van der Waals surface area contributed by atoms with Crippen LogP contribution < -0.4 is 0 Å². The Morgan fingerprint density at radius 1 is 1.50 bits per heavy atom. The van der Waals surface area contributed by atoms with Gasteiger partial charge in [0, 0.05) is 25.6 Å². The van der Waals surface area contributed by atoms with Crippen LogP contribution in [0.3, 0.4) is 0 Å². The summed E-state index contributed by atoms with van der Waals surface area (Å²) in [7, 11) is 0. The maximum absolute atomic E-state index is 11.9. The lowest BCUT2D eigenvalue weighted by molar-refractivity contribution is -0.000884. The summed E-state index contributed by atoms with van der Waals surface area (Å²) in [4.78, 5) is 13.6. The predicted molar refractivity (Wildman–Crippen MR) is 68.2 cm³/mol. The molecule has 106 valence electrons. The normalized spacial score (nSPS) is 22.7. The van der Waals surface area contributed by atoms with Gasteiger partial charge in [-0.05, 0) is 40.0 Å². The molecule has 1 fully saturated rings. The fraction of sp³-hybridized carbons (Fsp3) is 0.923. The van der Waals surface area contributed by atoms with Crippen LogP contribution in [-0.4, -0.2) is 52.6 Å². The molecule has 1 rings (SSSR count). The molecule has 0 aliphatic carbocycles. The van der Waals surface area contributed by atoms with Crippen LogP contribution in [0, 0.1) is 5.92 Å². The van der Waals surface area contributed by atoms with Crippen molar-refractivity contribution >= 4 is 6.09 Å². The third-order valence-electron chi connectivity index (χ3n) is 3.08. The Morgan fingerprint density at radius 2 is 2.17 bits per heavy atom. The lowest BCUT2D eigenvalue weighted by atomic mass is 9.91. The number of likely N-dealkylation sites (tertiary alicyclic amines) is 1. The molecule has 1 aliphatic rings. The number of piperidine rings is 1. The first-order valence-corrected chi connectivity index (χ1v) is 6.60. The van der Waals surface area contributed by atoms with Crippen LogP contribution in [0.2, 0.25) is 0 Å². The van der Waals surface area contributed by atoms with E-state index in [1.54, 1.807) is 4.90 Å². The fourth-order valence-electron chi connectivity index (χ4n) is 2.18. The van der Waals surface area contributed by atoms with Gasteiger partial charge < -0.3 is 19.8 Å². The molecule has 2 N–H and O–H groups in total. The number of ether oxygens (including phenoxy) is 1. The van der Waals surface area contributed by atoms with E-state index in [-0.39, 0.29) is 18.6 Å². The monoisotopic (exact) mass is 259 g/mol. The maximum atomic E-state index is 11.9. The third-order valence-corrected chi connectivity index (χ3v) is 3.08. The number of hydrogen-bond acceptors (Lipinski definition) is 4. The van der Waals surface area contributed by atoms with Gasteiger partial charge >= 0.3 is 6.09 Å². The molecule has 0 bridgehead atoms. The average molecular weight is 259 g/mol. The van der Waals surface area contributed by atoms with Crippen molar-refractivity contribution in [2.24, 2.45) is 5.92 Å². The first-order chi connectivity index (χ1) is 8.33. The topological polar surface area (TPSA) is 70.0 Å². The zero-order valence-electron chi connectivity index (χ0n) is 11.6. The number of carbonyl (C=O) groups is 1. The highest BCUT2D eigenvalue weighted by molar-refractivity contribution is 5.68. The quantitative estimate of drug-likeness (QED) is 0.803. The molecule has 1 heterocycles. The molecule has 0 spiro atoms. The van der Waals surface area contributed by atoms with Crippen molar-refractivity contribution in [1.29, 1.82) is 0 Å². The van der Waals surface area contributed by atoms with E-state index in [9.17, 15) is 9.90 Å². The van der Waals surface area contributed by atoms with E-state index in [0.29, 0.717) is 19.5 Å². The lowest BCUT2D eigenvalue weighted by Gasteiger charge is -2.35. The van der Waals surface area contributed by atoms with Gasteiger partial charge in [0.15, 0.2) is 0 Å². The molecule has 0 radical (unpaired) electrons. The van der Waals surface area contributed by atoms with Crippen LogP contribution in [0.4, 0.5) is 4.79 Å². The molecule has 0 unspecified atom stereocenters. The summed E-state index contributed by atoms with van der Waals surface area (Å²) in [6, 6.07) is 0. The van der Waals surface area contributed by atoms with Gasteiger partial charge in [-0.1, -0.05) is 0 Å². The minimum Gasteiger partial charge on any atom is -0.444 e. The number of rotatable bonds is 3. The Morgan fingerprint density at radius 3 is 2.72 bits per heavy atom. The second-order valence-electron chi connectivity index (χ2n) is 5.91. The van der Waals surface area contributed by atoms with Crippen molar-refractivity contribution in [3.05, 3.63) is 0 Å². The highest BCUT2D eigenvalue weighted by atomic mass is 16.6. The number of carbonyl (C=O) groups excluding carboxylic acids is 1. The first kappa shape index (κ1) is 15.2. The van der Waals surface area contributed by atoms with Gasteiger partial charge in [-0.25, -0.2) is 4.79 Å². The Hall–Kier alpha value is -0.810. The molecule has 5 nitrogen and oxygen atoms in total. The molecule has 2 atom stereocenters. The third kappa shape index (κ3) is 4.82. The van der Waals surface area contributed by atoms with Crippen LogP contribution in [0.1, 0.15) is 40.0 Å². The Kier molecular flexibility index (Phi) is 5.41. The fourth-order valence-corrected chi connectivity index (χ4v) is 2.18. The standard InChI is InChI=1S/C13H25NO4/c1-13(2,3)18-12(17)14-7-4-5-10(9-14)11(16)6-8-15/h10-11,15-16H,4-9H2,1-3H3/t10-,11+/m0/s1. The number of hydrogen-bond donors (Lipinski definition) is 2. The van der Waals surface area contributed by atoms with E-state index in [0.717, 1.165) is 12.8 Å². The number of amides is 1. The summed E-state index contributed by atoms with van der Waals surface area (Å²) >= 11 is 0. The van der Waals surface area contributed by atoms with Crippen molar-refractivity contribution in [3.63, 3.8) is 0 Å². The predicted octanol–water partition coefficient (Wildman–Crippen LogP) is 1.38. The SMILES string of the molecule is CC(C)(C)OC(=O)N1CCC[C@H]([C@H](O)CCO)C1. The Labute approximate surface area is 109 Å². The average Bonchev–Trinajstić information content (AvgIpc) is 2.27. The van der Waals surface area contributed by atoms with Crippen molar-refractivity contribution in [1.82, 2.24) is 4.90 Å². The van der Waals surface area contributed by atoms with Gasteiger partial charge in [0.25, 0.3) is 0 Å². The zero-order valence-corrected chi connectivity index (χ0v) is 11.6. The minimum atomic E-state index is -0.541. The summed E-state index contributed by atoms with van der Waals surface area (Å²) in [5, 5.41) is 18.7. The lowest BCUT2D eigenvalue weighted by Crippen LogP contribution is -2.45. The van der Waals surface area contributed by atoms with Crippen LogP contribution in [0.15, 0.2) is 0 Å². The van der Waals surface area contributed by atoms with Gasteiger partial charge in [0.05, 0.1) is 6.10 Å². The Bertz CT molecular complexity index is 275. The molecule has 0 aromatic carbocycles. The van der Waals surface area contributed by atoms with Crippen LogP contribution >= 0.6 is 0 Å². The van der Waals surface area contributed by atoms with Gasteiger partial charge in [0.1, 0.15) is 5.60 Å². The second-order valence-corrected chi connectivity index (χ2v) is 5.91. The molecule has 1 amide bonds. The first-order valence-electron chi connectivity index (χ1n) is 6.60. The maximum Gasteiger partial charge on any atom is 0.410 e. The van der Waals surface area contributed by atoms with Crippen molar-refractivity contribution in [2.75, 3.05) is 19.7 Å². The summed E-state index contributed by atoms with van der Waals surface area (Å²) in [6.45, 7) is 6.68. The number of aliphatic hydroxyl groups is 2. The molecule has 0 aromatic heterocycles. The molecule has 1 aliphatic heterocycles. The van der Waals surface area contributed by atoms with E-state index in [4.69, 9.17) is 9.84 Å². The van der Waals surface area contributed by atoms with Crippen LogP contribution in [0.25, 0.3) is 0 Å². The number of aliphatic hydroxyl groups excluding tert-OH is 2. The van der Waals surface area contributed by atoms with Gasteiger partial charge in [-0.15, -0.1) is 0 Å². The minimum absolute atomic E-state index is 0.0237. The van der Waals surface area contributed by atoms with E-state index in [1.165, 1.54) is 0 Å². The Balaban J connectivity index is 2.50. The van der Waals surface area contributed by atoms with Crippen molar-refractivity contribution in [3.8, 4) is 0 Å². The smallest absolute Gasteiger partial charge is 0.410 e. The molecule has 1 saturated heterocycles. The van der Waals surface area contributed by atoms with Crippen LogP contribution in [-0.2, 0) is 4.74 Å². The highest BCUT2D eigenvalue weighted by Crippen LogP contribution is 2.23. The van der Waals surface area contributed by atoms with Crippen LogP contribution in [0.5, 0.6) is 0 Å². The molecular formula is C13H25NO4. The molecule has 18 heavy (non-hydrogen) atoms. The largest absolute Gasteiger partial charge is 0.444 e. The molecule has 0 aromatic rings. The van der Waals surface area contributed by atoms with Crippen molar-refractivity contribution in [2.45, 2.75) is 51.7 Å². The zero-order chi connectivity index (χ0) is 13.8. The van der Waals surface area contributed by atoms with Crippen molar-refractivity contribution < 1.29 is 19.7 Å². The van der Waals surface area contributed by atoms with E-state index in [1.807, 2.05) is 20.8 Å². The summed E-state index contributed by atoms with van der Waals surface area (Å²) < 4.78 is 5.32. The molecule has 0 saturated carbocycles. The molecular weight excluding hydrogens is 234 g/mol. The van der Waals surface area contributed by atoms with Gasteiger partial charge in [-0.2, -0.15) is 0 Å². The summed E-state index contributed by atoms with van der Waals surface area (Å²) in [5.41, 5.74) is -0.492. The van der Waals surface area contributed by atoms with Gasteiger partial charge in [0.2, 0.25) is 0 Å². The van der Waals surface area contributed by atoms with E-state index < -0.39 is 11.7 Å². The van der Waals surface area contributed by atoms with Gasteiger partial charge in [-0.3, -0.25) is 0 Å². The summed E-state index contributed by atoms with van der Waals surface area (Å²) in [6.07, 6.45) is 1.27. The molecule has 5 heteroatoms. The van der Waals surface area contributed by atoms with E-state index in [2.05, 4.69) is 0 Å². The summed E-state index contributed by atoms with van der Waals surface area (Å²) in [5.74, 6) is 0.0402. The highest BCUT2D eigenvalue weighted by Gasteiger charge is 2.30. The van der Waals surface area contributed by atoms with E-state index >= 15 is 0 Å². The second kappa shape index (κ2) is 6.38.